The number of rotatable bonds is 2. The van der Waals surface area contributed by atoms with Gasteiger partial charge >= 0.3 is 0 Å². The van der Waals surface area contributed by atoms with Gasteiger partial charge in [-0.15, -0.1) is 0 Å². The van der Waals surface area contributed by atoms with E-state index in [-0.39, 0.29) is 6.04 Å². The van der Waals surface area contributed by atoms with Crippen LogP contribution in [-0.4, -0.2) is 12.5 Å². The van der Waals surface area contributed by atoms with Gasteiger partial charge in [0.15, 0.2) is 5.96 Å². The Bertz CT molecular complexity index is 692. The van der Waals surface area contributed by atoms with Gasteiger partial charge in [0.2, 0.25) is 0 Å². The molecule has 1 atom stereocenters. The number of aliphatic imine (C=N–C) groups is 1. The van der Waals surface area contributed by atoms with Crippen molar-refractivity contribution in [2.45, 2.75) is 19.9 Å². The van der Waals surface area contributed by atoms with Crippen LogP contribution in [0.25, 0.3) is 0 Å². The third-order valence-electron chi connectivity index (χ3n) is 4.01. The minimum Gasteiger partial charge on any atom is -0.369 e. The van der Waals surface area contributed by atoms with E-state index in [9.17, 15) is 0 Å². The van der Waals surface area contributed by atoms with E-state index in [4.69, 9.17) is 17.3 Å². The maximum Gasteiger partial charge on any atom is 0.196 e. The molecular weight excluding hydrogens is 282 g/mol. The molecule has 2 aromatic carbocycles. The van der Waals surface area contributed by atoms with Crippen LogP contribution in [-0.2, 0) is 0 Å². The Kier molecular flexibility index (Phi) is 3.60. The van der Waals surface area contributed by atoms with Crippen LogP contribution in [0.15, 0.2) is 47.5 Å². The molecule has 0 saturated heterocycles. The van der Waals surface area contributed by atoms with Gasteiger partial charge in [0, 0.05) is 10.7 Å². The maximum atomic E-state index is 6.09. The van der Waals surface area contributed by atoms with Crippen LogP contribution in [0.4, 0.5) is 5.69 Å². The number of halogens is 1. The van der Waals surface area contributed by atoms with Crippen LogP contribution in [0.5, 0.6) is 0 Å². The predicted octanol–water partition coefficient (Wildman–Crippen LogP) is 3.83. The molecule has 0 amide bonds. The summed E-state index contributed by atoms with van der Waals surface area (Å²) in [6.07, 6.45) is 0. The number of hydrogen-bond donors (Lipinski definition) is 1. The van der Waals surface area contributed by atoms with Crippen LogP contribution < -0.4 is 10.6 Å². The summed E-state index contributed by atoms with van der Waals surface area (Å²) in [6, 6.07) is 14.4. The van der Waals surface area contributed by atoms with Crippen LogP contribution in [0.2, 0.25) is 5.02 Å². The second-order valence-corrected chi connectivity index (χ2v) is 5.84. The third kappa shape index (κ3) is 2.61. The Hall–Kier alpha value is -2.00. The number of aryl methyl sites for hydroxylation is 2. The number of nitrogens with zero attached hydrogens (tertiary/aromatic N) is 2. The van der Waals surface area contributed by atoms with Crippen molar-refractivity contribution in [2.24, 2.45) is 10.7 Å². The van der Waals surface area contributed by atoms with Crippen molar-refractivity contribution < 1.29 is 0 Å². The lowest BCUT2D eigenvalue weighted by Gasteiger charge is -2.27. The Morgan fingerprint density at radius 2 is 1.81 bits per heavy atom. The molecule has 1 aliphatic rings. The van der Waals surface area contributed by atoms with Crippen molar-refractivity contribution in [2.75, 3.05) is 11.4 Å². The molecule has 0 bridgehead atoms. The Balaban J connectivity index is 1.98. The van der Waals surface area contributed by atoms with Gasteiger partial charge in [-0.05, 0) is 54.8 Å². The van der Waals surface area contributed by atoms with Gasteiger partial charge in [-0.2, -0.15) is 0 Å². The minimum atomic E-state index is 0.144. The van der Waals surface area contributed by atoms with E-state index in [1.165, 1.54) is 16.7 Å². The van der Waals surface area contributed by atoms with E-state index in [0.29, 0.717) is 12.5 Å². The maximum absolute atomic E-state index is 6.09. The Morgan fingerprint density at radius 3 is 2.48 bits per heavy atom. The minimum absolute atomic E-state index is 0.144. The molecule has 1 unspecified atom stereocenters. The summed E-state index contributed by atoms with van der Waals surface area (Å²) in [4.78, 5) is 6.48. The van der Waals surface area contributed by atoms with Gasteiger partial charge in [-0.3, -0.25) is 4.99 Å². The SMILES string of the molecule is Cc1ccc(C2CN=C(N)N2c2ccc(Cl)cc2)cc1C. The number of hydrogen-bond acceptors (Lipinski definition) is 3. The lowest BCUT2D eigenvalue weighted by molar-refractivity contribution is 0.767. The zero-order valence-corrected chi connectivity index (χ0v) is 12.9. The molecule has 0 spiro atoms. The molecule has 2 N–H and O–H groups in total. The van der Waals surface area contributed by atoms with Crippen LogP contribution in [0.1, 0.15) is 22.7 Å². The van der Waals surface area contributed by atoms with Crippen LogP contribution in [0, 0.1) is 13.8 Å². The number of anilines is 1. The van der Waals surface area contributed by atoms with Gasteiger partial charge in [0.05, 0.1) is 12.6 Å². The predicted molar refractivity (Wildman–Crippen MR) is 89.1 cm³/mol. The summed E-state index contributed by atoms with van der Waals surface area (Å²) in [5.41, 5.74) is 10.9. The first-order valence-corrected chi connectivity index (χ1v) is 7.36. The molecule has 1 aliphatic heterocycles. The van der Waals surface area contributed by atoms with Crippen molar-refractivity contribution >= 4 is 23.2 Å². The highest BCUT2D eigenvalue weighted by Gasteiger charge is 2.28. The Labute approximate surface area is 130 Å². The Morgan fingerprint density at radius 1 is 1.10 bits per heavy atom. The zero-order valence-electron chi connectivity index (χ0n) is 12.2. The van der Waals surface area contributed by atoms with Gasteiger partial charge < -0.3 is 10.6 Å². The standard InChI is InChI=1S/C17H18ClN3/c1-11-3-4-13(9-12(11)2)16-10-20-17(19)21(16)15-7-5-14(18)6-8-15/h3-9,16H,10H2,1-2H3,(H2,19,20). The van der Waals surface area contributed by atoms with Crippen molar-refractivity contribution in [1.82, 2.24) is 0 Å². The number of nitrogens with two attached hydrogens (primary N) is 1. The lowest BCUT2D eigenvalue weighted by Crippen LogP contribution is -2.36. The quantitative estimate of drug-likeness (QED) is 0.915. The normalized spacial score (nSPS) is 18.0. The summed E-state index contributed by atoms with van der Waals surface area (Å²) in [6.45, 7) is 4.93. The van der Waals surface area contributed by atoms with Gasteiger partial charge in [0.1, 0.15) is 0 Å². The summed E-state index contributed by atoms with van der Waals surface area (Å²) in [5, 5.41) is 0.719. The smallest absolute Gasteiger partial charge is 0.196 e. The van der Waals surface area contributed by atoms with Crippen molar-refractivity contribution in [3.8, 4) is 0 Å². The molecule has 0 aliphatic carbocycles. The fourth-order valence-electron chi connectivity index (χ4n) is 2.64. The molecule has 21 heavy (non-hydrogen) atoms. The highest BCUT2D eigenvalue weighted by molar-refractivity contribution is 6.30. The van der Waals surface area contributed by atoms with E-state index in [0.717, 1.165) is 10.7 Å². The highest BCUT2D eigenvalue weighted by Crippen LogP contribution is 2.32. The average Bonchev–Trinajstić information content (AvgIpc) is 2.85. The molecule has 0 saturated carbocycles. The zero-order chi connectivity index (χ0) is 15.0. The average molecular weight is 300 g/mol. The molecule has 0 fully saturated rings. The van der Waals surface area contributed by atoms with Crippen molar-refractivity contribution in [3.05, 3.63) is 64.2 Å². The first-order chi connectivity index (χ1) is 10.1. The molecule has 0 aromatic heterocycles. The summed E-state index contributed by atoms with van der Waals surface area (Å²) in [5.74, 6) is 0.556. The molecular formula is C17H18ClN3. The first-order valence-electron chi connectivity index (χ1n) is 6.98. The van der Waals surface area contributed by atoms with E-state index in [2.05, 4.69) is 41.9 Å². The monoisotopic (exact) mass is 299 g/mol. The van der Waals surface area contributed by atoms with Crippen molar-refractivity contribution in [1.29, 1.82) is 0 Å². The molecule has 0 radical (unpaired) electrons. The second-order valence-electron chi connectivity index (χ2n) is 5.40. The van der Waals surface area contributed by atoms with Crippen molar-refractivity contribution in [3.63, 3.8) is 0 Å². The first kappa shape index (κ1) is 14.0. The third-order valence-corrected chi connectivity index (χ3v) is 4.26. The lowest BCUT2D eigenvalue weighted by atomic mass is 10.00. The molecule has 108 valence electrons. The summed E-state index contributed by atoms with van der Waals surface area (Å²) < 4.78 is 0. The molecule has 4 heteroatoms. The van der Waals surface area contributed by atoms with Gasteiger partial charge in [-0.1, -0.05) is 29.8 Å². The molecule has 3 nitrogen and oxygen atoms in total. The van der Waals surface area contributed by atoms with Crippen LogP contribution in [0.3, 0.4) is 0 Å². The molecule has 3 rings (SSSR count). The van der Waals surface area contributed by atoms with E-state index in [1.54, 1.807) is 0 Å². The largest absolute Gasteiger partial charge is 0.369 e. The van der Waals surface area contributed by atoms with E-state index < -0.39 is 0 Å². The van der Waals surface area contributed by atoms with E-state index in [1.807, 2.05) is 24.3 Å². The highest BCUT2D eigenvalue weighted by atomic mass is 35.5. The fraction of sp³-hybridized carbons (Fsp3) is 0.235. The molecule has 1 heterocycles. The number of guanidine groups is 1. The summed E-state index contributed by atoms with van der Waals surface area (Å²) >= 11 is 5.97. The number of benzene rings is 2. The van der Waals surface area contributed by atoms with Gasteiger partial charge in [-0.25, -0.2) is 0 Å². The molecule has 2 aromatic rings. The van der Waals surface area contributed by atoms with Crippen LogP contribution >= 0.6 is 11.6 Å². The fourth-order valence-corrected chi connectivity index (χ4v) is 2.76. The van der Waals surface area contributed by atoms with Gasteiger partial charge in [0.25, 0.3) is 0 Å². The summed E-state index contributed by atoms with van der Waals surface area (Å²) in [7, 11) is 0. The second kappa shape index (κ2) is 5.41. The topological polar surface area (TPSA) is 41.6 Å². The van der Waals surface area contributed by atoms with E-state index >= 15 is 0 Å².